The number of thioether (sulfide) groups is 1. The van der Waals surface area contributed by atoms with Crippen molar-refractivity contribution in [3.05, 3.63) is 77.1 Å². The molecule has 0 saturated heterocycles. The molecule has 112 valence electrons. The van der Waals surface area contributed by atoms with Gasteiger partial charge in [0.1, 0.15) is 5.82 Å². The number of nitriles is 1. The Bertz CT molecular complexity index is 847. The zero-order chi connectivity index (χ0) is 15.9. The highest BCUT2D eigenvalue weighted by molar-refractivity contribution is 7.98. The lowest BCUT2D eigenvalue weighted by atomic mass is 10.1. The van der Waals surface area contributed by atoms with E-state index in [2.05, 4.69) is 21.3 Å². The van der Waals surface area contributed by atoms with Gasteiger partial charge in [0.15, 0.2) is 0 Å². The molecular weight excluding hydrogens is 304 g/mol. The van der Waals surface area contributed by atoms with Gasteiger partial charge in [0.25, 0.3) is 0 Å². The van der Waals surface area contributed by atoms with Crippen LogP contribution in [0.15, 0.2) is 59.8 Å². The van der Waals surface area contributed by atoms with Gasteiger partial charge in [0, 0.05) is 5.75 Å². The van der Waals surface area contributed by atoms with Crippen molar-refractivity contribution in [3.63, 3.8) is 0 Å². The van der Waals surface area contributed by atoms with Gasteiger partial charge in [-0.1, -0.05) is 66.4 Å². The number of hydrogen-bond donors (Lipinski definition) is 1. The second-order valence-electron chi connectivity index (χ2n) is 4.80. The van der Waals surface area contributed by atoms with Gasteiger partial charge in [-0.15, -0.1) is 5.10 Å². The van der Waals surface area contributed by atoms with Crippen LogP contribution in [0.3, 0.4) is 0 Å². The van der Waals surface area contributed by atoms with Crippen molar-refractivity contribution in [1.82, 2.24) is 15.2 Å². The molecule has 0 fully saturated rings. The van der Waals surface area contributed by atoms with Crippen LogP contribution < -0.4 is 0 Å². The summed E-state index contributed by atoms with van der Waals surface area (Å²) < 4.78 is 0. The Labute approximate surface area is 138 Å². The largest absolute Gasteiger partial charge is 0.259 e. The Balaban J connectivity index is 1.64. The molecule has 0 aliphatic heterocycles. The summed E-state index contributed by atoms with van der Waals surface area (Å²) >= 11 is 1.51. The summed E-state index contributed by atoms with van der Waals surface area (Å²) in [4.78, 5) is 4.42. The molecular formula is C18H14N4S. The molecule has 1 N–H and O–H groups in total. The summed E-state index contributed by atoms with van der Waals surface area (Å²) in [7, 11) is 0. The number of rotatable bonds is 5. The fourth-order valence-electron chi connectivity index (χ4n) is 2.03. The van der Waals surface area contributed by atoms with Crippen LogP contribution in [0, 0.1) is 11.3 Å². The van der Waals surface area contributed by atoms with Crippen molar-refractivity contribution in [2.24, 2.45) is 0 Å². The molecule has 0 aliphatic carbocycles. The van der Waals surface area contributed by atoms with Gasteiger partial charge < -0.3 is 0 Å². The lowest BCUT2D eigenvalue weighted by molar-refractivity contribution is 0.972. The van der Waals surface area contributed by atoms with E-state index in [1.165, 1.54) is 11.8 Å². The van der Waals surface area contributed by atoms with Crippen LogP contribution in [0.4, 0.5) is 0 Å². The molecule has 0 atom stereocenters. The number of hydrogen-bond acceptors (Lipinski definition) is 4. The smallest absolute Gasteiger partial charge is 0.209 e. The quantitative estimate of drug-likeness (QED) is 0.718. The summed E-state index contributed by atoms with van der Waals surface area (Å²) in [6.07, 6.45) is 3.88. The molecule has 0 saturated carbocycles. The molecule has 0 spiro atoms. The van der Waals surface area contributed by atoms with Gasteiger partial charge in [-0.05, 0) is 23.3 Å². The molecule has 2 aromatic carbocycles. The highest BCUT2D eigenvalue weighted by Crippen LogP contribution is 2.21. The SMILES string of the molecule is N#Cc1ccccc1CSc1n[nH]c(/C=C/c2ccccc2)n1. The maximum atomic E-state index is 9.09. The van der Waals surface area contributed by atoms with Crippen LogP contribution in [0.25, 0.3) is 12.2 Å². The summed E-state index contributed by atoms with van der Waals surface area (Å²) in [5.74, 6) is 1.38. The van der Waals surface area contributed by atoms with Crippen LogP contribution in [0.5, 0.6) is 0 Å². The molecule has 0 aliphatic rings. The Hall–Kier alpha value is -2.84. The van der Waals surface area contributed by atoms with Crippen molar-refractivity contribution < 1.29 is 0 Å². The molecule has 0 unspecified atom stereocenters. The predicted octanol–water partition coefficient (Wildman–Crippen LogP) is 4.14. The molecule has 1 aromatic heterocycles. The lowest BCUT2D eigenvalue weighted by Gasteiger charge is -2.00. The van der Waals surface area contributed by atoms with Gasteiger partial charge in [-0.3, -0.25) is 5.10 Å². The normalized spacial score (nSPS) is 10.7. The minimum atomic E-state index is 0.670. The van der Waals surface area contributed by atoms with Gasteiger partial charge in [0.05, 0.1) is 11.6 Å². The van der Waals surface area contributed by atoms with Gasteiger partial charge in [0.2, 0.25) is 5.16 Å². The molecule has 0 radical (unpaired) electrons. The number of H-pyrrole nitrogens is 1. The number of nitrogens with zero attached hydrogens (tertiary/aromatic N) is 3. The topological polar surface area (TPSA) is 65.4 Å². The third-order valence-corrected chi connectivity index (χ3v) is 4.11. The minimum absolute atomic E-state index is 0.670. The van der Waals surface area contributed by atoms with Crippen molar-refractivity contribution in [3.8, 4) is 6.07 Å². The number of aromatic amines is 1. The maximum Gasteiger partial charge on any atom is 0.209 e. The highest BCUT2D eigenvalue weighted by Gasteiger charge is 2.05. The van der Waals surface area contributed by atoms with Crippen LogP contribution in [-0.4, -0.2) is 15.2 Å². The Morgan fingerprint density at radius 3 is 2.65 bits per heavy atom. The van der Waals surface area contributed by atoms with Gasteiger partial charge >= 0.3 is 0 Å². The van der Waals surface area contributed by atoms with Crippen LogP contribution in [0.1, 0.15) is 22.5 Å². The van der Waals surface area contributed by atoms with E-state index in [0.29, 0.717) is 22.3 Å². The molecule has 5 heteroatoms. The van der Waals surface area contributed by atoms with Gasteiger partial charge in [-0.2, -0.15) is 5.26 Å². The number of nitrogens with one attached hydrogen (secondary N) is 1. The van der Waals surface area contributed by atoms with E-state index in [9.17, 15) is 0 Å². The molecule has 0 bridgehead atoms. The predicted molar refractivity (Wildman–Crippen MR) is 92.5 cm³/mol. The first kappa shape index (κ1) is 15.1. The Morgan fingerprint density at radius 2 is 1.83 bits per heavy atom. The summed E-state index contributed by atoms with van der Waals surface area (Å²) in [5.41, 5.74) is 2.80. The second kappa shape index (κ2) is 7.43. The zero-order valence-corrected chi connectivity index (χ0v) is 13.1. The summed E-state index contributed by atoms with van der Waals surface area (Å²) in [6, 6.07) is 19.8. The first-order chi connectivity index (χ1) is 11.3. The molecule has 4 nitrogen and oxygen atoms in total. The van der Waals surface area contributed by atoms with Crippen molar-refractivity contribution >= 4 is 23.9 Å². The Kier molecular flexibility index (Phi) is 4.87. The fraction of sp³-hybridized carbons (Fsp3) is 0.0556. The van der Waals surface area contributed by atoms with E-state index in [1.54, 1.807) is 0 Å². The molecule has 0 amide bonds. The van der Waals surface area contributed by atoms with Gasteiger partial charge in [-0.25, -0.2) is 4.98 Å². The number of benzene rings is 2. The lowest BCUT2D eigenvalue weighted by Crippen LogP contribution is -1.87. The van der Waals surface area contributed by atoms with E-state index in [0.717, 1.165) is 11.1 Å². The minimum Gasteiger partial charge on any atom is -0.259 e. The third-order valence-electron chi connectivity index (χ3n) is 3.21. The van der Waals surface area contributed by atoms with E-state index >= 15 is 0 Å². The van der Waals surface area contributed by atoms with Crippen molar-refractivity contribution in [1.29, 1.82) is 5.26 Å². The summed E-state index contributed by atoms with van der Waals surface area (Å²) in [5, 5.41) is 16.9. The van der Waals surface area contributed by atoms with Crippen LogP contribution in [-0.2, 0) is 5.75 Å². The fourth-order valence-corrected chi connectivity index (χ4v) is 2.84. The van der Waals surface area contributed by atoms with Crippen LogP contribution >= 0.6 is 11.8 Å². The maximum absolute atomic E-state index is 9.09. The van der Waals surface area contributed by atoms with E-state index in [1.807, 2.05) is 66.7 Å². The highest BCUT2D eigenvalue weighted by atomic mass is 32.2. The first-order valence-corrected chi connectivity index (χ1v) is 8.10. The number of aromatic nitrogens is 3. The average Bonchev–Trinajstić information content (AvgIpc) is 3.07. The van der Waals surface area contributed by atoms with E-state index < -0.39 is 0 Å². The third kappa shape index (κ3) is 4.09. The van der Waals surface area contributed by atoms with Crippen molar-refractivity contribution in [2.45, 2.75) is 10.9 Å². The molecule has 3 rings (SSSR count). The molecule has 23 heavy (non-hydrogen) atoms. The Morgan fingerprint density at radius 1 is 1.04 bits per heavy atom. The van der Waals surface area contributed by atoms with E-state index in [4.69, 9.17) is 5.26 Å². The second-order valence-corrected chi connectivity index (χ2v) is 5.75. The standard InChI is InChI=1S/C18H14N4S/c19-12-15-8-4-5-9-16(15)13-23-18-20-17(21-22-18)11-10-14-6-2-1-3-7-14/h1-11H,13H2,(H,20,21,22)/b11-10+. The summed E-state index contributed by atoms with van der Waals surface area (Å²) in [6.45, 7) is 0. The monoisotopic (exact) mass is 318 g/mol. The zero-order valence-electron chi connectivity index (χ0n) is 12.3. The molecule has 3 aromatic rings. The van der Waals surface area contributed by atoms with Crippen molar-refractivity contribution in [2.75, 3.05) is 0 Å². The average molecular weight is 318 g/mol. The van der Waals surface area contributed by atoms with Crippen LogP contribution in [0.2, 0.25) is 0 Å². The first-order valence-electron chi connectivity index (χ1n) is 7.11. The van der Waals surface area contributed by atoms with E-state index in [-0.39, 0.29) is 0 Å². The molecule has 1 heterocycles.